The Morgan fingerprint density at radius 3 is 2.52 bits per heavy atom. The third kappa shape index (κ3) is 2.66. The molecule has 0 saturated heterocycles. The van der Waals surface area contributed by atoms with E-state index in [9.17, 15) is 19.5 Å². The summed E-state index contributed by atoms with van der Waals surface area (Å²) in [4.78, 5) is 35.5. The van der Waals surface area contributed by atoms with Crippen molar-refractivity contribution in [2.24, 2.45) is 7.05 Å². The van der Waals surface area contributed by atoms with E-state index in [-0.39, 0.29) is 16.8 Å². The van der Waals surface area contributed by atoms with Gasteiger partial charge < -0.3 is 20.3 Å². The highest BCUT2D eigenvalue weighted by atomic mass is 32.2. The molecule has 1 aliphatic rings. The third-order valence-corrected chi connectivity index (χ3v) is 4.18. The summed E-state index contributed by atoms with van der Waals surface area (Å²) in [5.41, 5.74) is 0.523. The minimum Gasteiger partial charge on any atom is -0.477 e. The number of ketones is 1. The molecule has 0 fully saturated rings. The fourth-order valence-electron chi connectivity index (χ4n) is 2.27. The number of carbonyl (C=O) groups excluding carboxylic acids is 2. The number of carboxylic acid groups (broad SMARTS) is 1. The Kier molecular flexibility index (Phi) is 4.08. The summed E-state index contributed by atoms with van der Waals surface area (Å²) in [6.45, 7) is 3.14. The van der Waals surface area contributed by atoms with Crippen molar-refractivity contribution in [1.29, 1.82) is 0 Å². The van der Waals surface area contributed by atoms with Crippen LogP contribution >= 0.6 is 11.8 Å². The molecule has 0 saturated carbocycles. The molecule has 1 aliphatic heterocycles. The maximum atomic E-state index is 12.3. The van der Waals surface area contributed by atoms with Crippen LogP contribution in [0, 0.1) is 13.8 Å². The Labute approximate surface area is 125 Å². The highest BCUT2D eigenvalue weighted by Crippen LogP contribution is 2.22. The van der Waals surface area contributed by atoms with Crippen LogP contribution in [0.5, 0.6) is 0 Å². The first-order chi connectivity index (χ1) is 9.84. The lowest BCUT2D eigenvalue weighted by atomic mass is 10.1. The van der Waals surface area contributed by atoms with E-state index in [0.717, 1.165) is 0 Å². The zero-order valence-corrected chi connectivity index (χ0v) is 12.6. The average Bonchev–Trinajstić information content (AvgIpc) is 2.97. The molecule has 0 aromatic carbocycles. The Balaban J connectivity index is 2.29. The van der Waals surface area contributed by atoms with Crippen LogP contribution in [0.25, 0.3) is 0 Å². The molecule has 0 radical (unpaired) electrons. The number of carboxylic acids is 1. The van der Waals surface area contributed by atoms with Gasteiger partial charge in [-0.2, -0.15) is 0 Å². The predicted molar refractivity (Wildman–Crippen MR) is 78.0 cm³/mol. The number of hydrogen-bond donors (Lipinski definition) is 3. The van der Waals surface area contributed by atoms with Crippen LogP contribution < -0.4 is 10.6 Å². The lowest BCUT2D eigenvalue weighted by Crippen LogP contribution is -2.42. The number of aromatic carboxylic acids is 1. The number of nitrogens with zero attached hydrogens (tertiary/aromatic N) is 1. The van der Waals surface area contributed by atoms with Gasteiger partial charge in [-0.3, -0.25) is 9.59 Å². The molecule has 0 aliphatic carbocycles. The van der Waals surface area contributed by atoms with Crippen molar-refractivity contribution >= 4 is 29.4 Å². The molecule has 1 aromatic heterocycles. The third-order valence-electron chi connectivity index (χ3n) is 3.36. The summed E-state index contributed by atoms with van der Waals surface area (Å²) in [5.74, 6) is -2.63. The number of aromatic nitrogens is 1. The van der Waals surface area contributed by atoms with Gasteiger partial charge >= 0.3 is 5.97 Å². The summed E-state index contributed by atoms with van der Waals surface area (Å²) in [5, 5.41) is 16.3. The molecule has 0 bridgehead atoms. The van der Waals surface area contributed by atoms with Crippen LogP contribution in [0.4, 0.5) is 0 Å². The molecule has 1 aromatic rings. The number of rotatable bonds is 4. The number of hydrogen-bond acceptors (Lipinski definition) is 5. The first-order valence-corrected chi connectivity index (χ1v) is 7.09. The van der Waals surface area contributed by atoms with E-state index in [1.54, 1.807) is 25.6 Å². The first-order valence-electron chi connectivity index (χ1n) is 6.15. The number of amides is 1. The normalized spacial score (nSPS) is 16.6. The molecule has 1 unspecified atom stereocenters. The van der Waals surface area contributed by atoms with Gasteiger partial charge in [-0.05, 0) is 24.8 Å². The fourth-order valence-corrected chi connectivity index (χ4v) is 2.92. The van der Waals surface area contributed by atoms with Crippen LogP contribution in [0.2, 0.25) is 0 Å². The molecule has 2 rings (SSSR count). The Hall–Kier alpha value is -2.22. The SMILES string of the molecule is Cc1c(C(=O)C(=O)NC2NC=CS2)c(C)n(C)c1C(=O)O. The molecule has 0 spiro atoms. The second-order valence-electron chi connectivity index (χ2n) is 4.59. The molecule has 7 nitrogen and oxygen atoms in total. The zero-order valence-electron chi connectivity index (χ0n) is 11.8. The summed E-state index contributed by atoms with van der Waals surface area (Å²) in [7, 11) is 1.55. The van der Waals surface area contributed by atoms with Crippen molar-refractivity contribution in [3.63, 3.8) is 0 Å². The summed E-state index contributed by atoms with van der Waals surface area (Å²) in [6, 6.07) is 0. The van der Waals surface area contributed by atoms with Crippen LogP contribution in [0.1, 0.15) is 32.1 Å². The van der Waals surface area contributed by atoms with Gasteiger partial charge in [-0.25, -0.2) is 4.79 Å². The van der Waals surface area contributed by atoms with E-state index in [2.05, 4.69) is 10.6 Å². The highest BCUT2D eigenvalue weighted by Gasteiger charge is 2.29. The molecule has 112 valence electrons. The van der Waals surface area contributed by atoms with E-state index in [1.807, 2.05) is 0 Å². The largest absolute Gasteiger partial charge is 0.477 e. The van der Waals surface area contributed by atoms with Crippen molar-refractivity contribution in [3.8, 4) is 0 Å². The minimum absolute atomic E-state index is 0.0127. The lowest BCUT2D eigenvalue weighted by molar-refractivity contribution is -0.117. The maximum absolute atomic E-state index is 12.3. The average molecular weight is 309 g/mol. The van der Waals surface area contributed by atoms with Crippen LogP contribution in [-0.2, 0) is 11.8 Å². The summed E-state index contributed by atoms with van der Waals surface area (Å²) >= 11 is 1.33. The molecule has 21 heavy (non-hydrogen) atoms. The van der Waals surface area contributed by atoms with Crippen molar-refractivity contribution in [2.75, 3.05) is 0 Å². The predicted octanol–water partition coefficient (Wildman–Crippen LogP) is 0.730. The Bertz CT molecular complexity index is 655. The fraction of sp³-hybridized carbons (Fsp3) is 0.308. The van der Waals surface area contributed by atoms with Gasteiger partial charge in [0.15, 0.2) is 5.50 Å². The van der Waals surface area contributed by atoms with Crippen molar-refractivity contribution in [2.45, 2.75) is 19.3 Å². The quantitative estimate of drug-likeness (QED) is 0.560. The van der Waals surface area contributed by atoms with Crippen molar-refractivity contribution < 1.29 is 19.5 Å². The lowest BCUT2D eigenvalue weighted by Gasteiger charge is -2.12. The highest BCUT2D eigenvalue weighted by molar-refractivity contribution is 8.02. The van der Waals surface area contributed by atoms with Gasteiger partial charge in [-0.15, -0.1) is 0 Å². The van der Waals surface area contributed by atoms with E-state index < -0.39 is 17.7 Å². The van der Waals surface area contributed by atoms with Gasteiger partial charge in [0.05, 0.1) is 5.56 Å². The topological polar surface area (TPSA) is 100 Å². The van der Waals surface area contributed by atoms with Crippen molar-refractivity contribution in [1.82, 2.24) is 15.2 Å². The number of nitrogens with one attached hydrogen (secondary N) is 2. The Morgan fingerprint density at radius 2 is 2.05 bits per heavy atom. The molecule has 1 atom stereocenters. The molecule has 1 amide bonds. The maximum Gasteiger partial charge on any atom is 0.352 e. The second kappa shape index (κ2) is 5.65. The molecule has 2 heterocycles. The Morgan fingerprint density at radius 1 is 1.38 bits per heavy atom. The second-order valence-corrected chi connectivity index (χ2v) is 5.60. The minimum atomic E-state index is -1.13. The standard InChI is InChI=1S/C13H15N3O4S/c1-6-8(7(2)16(3)9(6)12(19)20)10(17)11(18)15-13-14-4-5-21-13/h4-5,13-14H,1-3H3,(H,15,18)(H,19,20). The molecular weight excluding hydrogens is 294 g/mol. The van der Waals surface area contributed by atoms with E-state index in [0.29, 0.717) is 11.3 Å². The number of Topliss-reactive ketones (excluding diaryl/α,β-unsaturated/α-hetero) is 1. The van der Waals surface area contributed by atoms with Crippen LogP contribution in [0.15, 0.2) is 11.6 Å². The summed E-state index contributed by atoms with van der Waals surface area (Å²) in [6.07, 6.45) is 1.67. The summed E-state index contributed by atoms with van der Waals surface area (Å²) < 4.78 is 1.41. The zero-order chi connectivity index (χ0) is 15.7. The molecule has 3 N–H and O–H groups in total. The van der Waals surface area contributed by atoms with Crippen molar-refractivity contribution in [3.05, 3.63) is 34.1 Å². The molecular formula is C13H15N3O4S. The number of thioether (sulfide) groups is 1. The van der Waals surface area contributed by atoms with Crippen LogP contribution in [-0.4, -0.2) is 32.8 Å². The van der Waals surface area contributed by atoms with Gasteiger partial charge in [-0.1, -0.05) is 11.8 Å². The van der Waals surface area contributed by atoms with Gasteiger partial charge in [0.25, 0.3) is 11.7 Å². The smallest absolute Gasteiger partial charge is 0.352 e. The molecule has 8 heteroatoms. The van der Waals surface area contributed by atoms with E-state index in [1.165, 1.54) is 23.3 Å². The van der Waals surface area contributed by atoms with Gasteiger partial charge in [0.2, 0.25) is 0 Å². The van der Waals surface area contributed by atoms with E-state index >= 15 is 0 Å². The van der Waals surface area contributed by atoms with Gasteiger partial charge in [0.1, 0.15) is 5.69 Å². The van der Waals surface area contributed by atoms with E-state index in [4.69, 9.17) is 0 Å². The first kappa shape index (κ1) is 15.2. The van der Waals surface area contributed by atoms with Crippen LogP contribution in [0.3, 0.4) is 0 Å². The monoisotopic (exact) mass is 309 g/mol. The van der Waals surface area contributed by atoms with Gasteiger partial charge in [0, 0.05) is 18.9 Å². The number of carbonyl (C=O) groups is 3.